The zero-order chi connectivity index (χ0) is 18.1. The molecule has 2 aliphatic rings. The standard InChI is InChI=1S/C21H27N3O2/c1-14(2)20-22-21(26-23-20)16-9-11-24(12-10-16)19(25)13-17-8-7-15-5-3-4-6-18(15)17/h3-6,14,16-17H,7-13H2,1-2H3/t17-/m0/s1. The van der Waals surface area contributed by atoms with Gasteiger partial charge in [0, 0.05) is 31.3 Å². The van der Waals surface area contributed by atoms with Crippen molar-refractivity contribution in [3.8, 4) is 0 Å². The van der Waals surface area contributed by atoms with Gasteiger partial charge >= 0.3 is 0 Å². The average Bonchev–Trinajstić information content (AvgIpc) is 3.30. The summed E-state index contributed by atoms with van der Waals surface area (Å²) in [4.78, 5) is 19.3. The van der Waals surface area contributed by atoms with E-state index in [4.69, 9.17) is 4.52 Å². The van der Waals surface area contributed by atoms with Crippen molar-refractivity contribution in [2.24, 2.45) is 0 Å². The van der Waals surface area contributed by atoms with Crippen LogP contribution in [0.15, 0.2) is 28.8 Å². The second-order valence-corrected chi connectivity index (χ2v) is 7.94. The lowest BCUT2D eigenvalue weighted by molar-refractivity contribution is -0.132. The molecule has 0 saturated carbocycles. The van der Waals surface area contributed by atoms with Crippen molar-refractivity contribution in [2.75, 3.05) is 13.1 Å². The number of carbonyl (C=O) groups is 1. The van der Waals surface area contributed by atoms with Crippen LogP contribution in [-0.4, -0.2) is 34.0 Å². The number of hydrogen-bond acceptors (Lipinski definition) is 4. The summed E-state index contributed by atoms with van der Waals surface area (Å²) in [6.45, 7) is 5.71. The monoisotopic (exact) mass is 353 g/mol. The van der Waals surface area contributed by atoms with Gasteiger partial charge in [0.2, 0.25) is 11.8 Å². The van der Waals surface area contributed by atoms with E-state index >= 15 is 0 Å². The highest BCUT2D eigenvalue weighted by Gasteiger charge is 2.30. The van der Waals surface area contributed by atoms with Gasteiger partial charge in [-0.05, 0) is 42.7 Å². The molecule has 1 aliphatic heterocycles. The van der Waals surface area contributed by atoms with E-state index in [1.54, 1.807) is 0 Å². The number of nitrogens with zero attached hydrogens (tertiary/aromatic N) is 3. The van der Waals surface area contributed by atoms with E-state index in [-0.39, 0.29) is 11.8 Å². The third-order valence-electron chi connectivity index (χ3n) is 5.85. The molecule has 138 valence electrons. The predicted molar refractivity (Wildman–Crippen MR) is 99.1 cm³/mol. The van der Waals surface area contributed by atoms with Gasteiger partial charge in [-0.25, -0.2) is 0 Å². The van der Waals surface area contributed by atoms with Crippen LogP contribution in [-0.2, 0) is 11.2 Å². The smallest absolute Gasteiger partial charge is 0.229 e. The Hall–Kier alpha value is -2.17. The second-order valence-electron chi connectivity index (χ2n) is 7.94. The summed E-state index contributed by atoms with van der Waals surface area (Å²) in [6, 6.07) is 8.56. The molecule has 1 aliphatic carbocycles. The Morgan fingerprint density at radius 3 is 2.73 bits per heavy atom. The molecular formula is C21H27N3O2. The minimum Gasteiger partial charge on any atom is -0.343 e. The summed E-state index contributed by atoms with van der Waals surface area (Å²) >= 11 is 0. The van der Waals surface area contributed by atoms with Crippen LogP contribution < -0.4 is 0 Å². The maximum atomic E-state index is 12.8. The number of carbonyl (C=O) groups excluding carboxylic acids is 1. The Morgan fingerprint density at radius 2 is 2.00 bits per heavy atom. The van der Waals surface area contributed by atoms with Crippen molar-refractivity contribution in [3.63, 3.8) is 0 Å². The van der Waals surface area contributed by atoms with Crippen LogP contribution in [0.5, 0.6) is 0 Å². The number of hydrogen-bond donors (Lipinski definition) is 0. The normalized spacial score (nSPS) is 20.6. The highest BCUT2D eigenvalue weighted by atomic mass is 16.5. The third kappa shape index (κ3) is 3.39. The lowest BCUT2D eigenvalue weighted by Gasteiger charge is -2.31. The Balaban J connectivity index is 1.32. The van der Waals surface area contributed by atoms with Gasteiger partial charge in [0.1, 0.15) is 0 Å². The Morgan fingerprint density at radius 1 is 1.23 bits per heavy atom. The fraction of sp³-hybridized carbons (Fsp3) is 0.571. The molecule has 1 aromatic carbocycles. The van der Waals surface area contributed by atoms with E-state index in [9.17, 15) is 4.79 Å². The second kappa shape index (κ2) is 7.22. The molecule has 1 atom stereocenters. The first-order valence-corrected chi connectivity index (χ1v) is 9.81. The van der Waals surface area contributed by atoms with E-state index in [0.717, 1.165) is 50.5 Å². The Labute approximate surface area is 154 Å². The van der Waals surface area contributed by atoms with Crippen LogP contribution >= 0.6 is 0 Å². The van der Waals surface area contributed by atoms with Gasteiger partial charge in [0.05, 0.1) is 0 Å². The number of piperidine rings is 1. The number of benzene rings is 1. The number of fused-ring (bicyclic) bond motifs is 1. The minimum atomic E-state index is 0.281. The predicted octanol–water partition coefficient (Wildman–Crippen LogP) is 4.02. The summed E-state index contributed by atoms with van der Waals surface area (Å²) in [5.74, 6) is 2.76. The summed E-state index contributed by atoms with van der Waals surface area (Å²) in [7, 11) is 0. The van der Waals surface area contributed by atoms with E-state index < -0.39 is 0 Å². The first-order chi connectivity index (χ1) is 12.6. The van der Waals surface area contributed by atoms with Crippen LogP contribution in [0.1, 0.15) is 80.1 Å². The first-order valence-electron chi connectivity index (χ1n) is 9.81. The highest BCUT2D eigenvalue weighted by molar-refractivity contribution is 5.77. The topological polar surface area (TPSA) is 59.2 Å². The van der Waals surface area contributed by atoms with E-state index in [1.165, 1.54) is 11.1 Å². The lowest BCUT2D eigenvalue weighted by atomic mass is 9.94. The molecular weight excluding hydrogens is 326 g/mol. The summed E-state index contributed by atoms with van der Waals surface area (Å²) in [5, 5.41) is 4.07. The van der Waals surface area contributed by atoms with Crippen LogP contribution in [0.3, 0.4) is 0 Å². The Bertz CT molecular complexity index is 775. The van der Waals surface area contributed by atoms with Crippen molar-refractivity contribution in [3.05, 3.63) is 47.1 Å². The summed E-state index contributed by atoms with van der Waals surface area (Å²) < 4.78 is 5.44. The molecule has 5 nitrogen and oxygen atoms in total. The zero-order valence-corrected chi connectivity index (χ0v) is 15.6. The van der Waals surface area contributed by atoms with Crippen molar-refractivity contribution < 1.29 is 9.32 Å². The number of likely N-dealkylation sites (tertiary alicyclic amines) is 1. The molecule has 26 heavy (non-hydrogen) atoms. The molecule has 4 rings (SSSR count). The molecule has 0 bridgehead atoms. The quantitative estimate of drug-likeness (QED) is 0.833. The molecule has 1 aromatic heterocycles. The highest BCUT2D eigenvalue weighted by Crippen LogP contribution is 2.36. The van der Waals surface area contributed by atoms with Crippen molar-refractivity contribution in [1.82, 2.24) is 15.0 Å². The van der Waals surface area contributed by atoms with Crippen LogP contribution in [0.4, 0.5) is 0 Å². The van der Waals surface area contributed by atoms with E-state index in [0.29, 0.717) is 18.2 Å². The molecule has 5 heteroatoms. The third-order valence-corrected chi connectivity index (χ3v) is 5.85. The fourth-order valence-corrected chi connectivity index (χ4v) is 4.22. The maximum absolute atomic E-state index is 12.8. The minimum absolute atomic E-state index is 0.281. The number of rotatable bonds is 4. The molecule has 1 amide bonds. The SMILES string of the molecule is CC(C)c1noc(C2CCN(C(=O)C[C@@H]3CCc4ccccc43)CC2)n1. The lowest BCUT2D eigenvalue weighted by Crippen LogP contribution is -2.38. The fourth-order valence-electron chi connectivity index (χ4n) is 4.22. The van der Waals surface area contributed by atoms with Gasteiger partial charge in [-0.3, -0.25) is 4.79 Å². The van der Waals surface area contributed by atoms with E-state index in [1.807, 2.05) is 4.90 Å². The molecule has 1 saturated heterocycles. The zero-order valence-electron chi connectivity index (χ0n) is 15.6. The van der Waals surface area contributed by atoms with Crippen LogP contribution in [0.2, 0.25) is 0 Å². The molecule has 2 heterocycles. The van der Waals surface area contributed by atoms with Gasteiger partial charge in [0.25, 0.3) is 0 Å². The van der Waals surface area contributed by atoms with Gasteiger partial charge in [-0.1, -0.05) is 43.3 Å². The molecule has 2 aromatic rings. The van der Waals surface area contributed by atoms with E-state index in [2.05, 4.69) is 48.3 Å². The molecule has 1 fully saturated rings. The first kappa shape index (κ1) is 17.3. The summed E-state index contributed by atoms with van der Waals surface area (Å²) in [5.41, 5.74) is 2.80. The van der Waals surface area contributed by atoms with Gasteiger partial charge in [0.15, 0.2) is 5.82 Å². The average molecular weight is 353 g/mol. The number of amides is 1. The van der Waals surface area contributed by atoms with Crippen molar-refractivity contribution >= 4 is 5.91 Å². The van der Waals surface area contributed by atoms with Crippen LogP contribution in [0.25, 0.3) is 0 Å². The van der Waals surface area contributed by atoms with Gasteiger partial charge < -0.3 is 9.42 Å². The Kier molecular flexibility index (Phi) is 4.79. The molecule has 0 radical (unpaired) electrons. The van der Waals surface area contributed by atoms with Gasteiger partial charge in [-0.2, -0.15) is 4.98 Å². The summed E-state index contributed by atoms with van der Waals surface area (Å²) in [6.07, 6.45) is 4.66. The molecule has 0 spiro atoms. The van der Waals surface area contributed by atoms with Crippen molar-refractivity contribution in [2.45, 2.75) is 63.7 Å². The van der Waals surface area contributed by atoms with Gasteiger partial charge in [-0.15, -0.1) is 0 Å². The van der Waals surface area contributed by atoms with Crippen LogP contribution in [0, 0.1) is 0 Å². The largest absolute Gasteiger partial charge is 0.343 e. The van der Waals surface area contributed by atoms with Crippen molar-refractivity contribution in [1.29, 1.82) is 0 Å². The number of aryl methyl sites for hydroxylation is 1. The molecule has 0 unspecified atom stereocenters. The maximum Gasteiger partial charge on any atom is 0.229 e. The molecule has 0 N–H and O–H groups in total. The number of aromatic nitrogens is 2.